The SMILES string of the molecule is CC(C)(C)OC(=O)NCC1CC2CCCC(C1)S2. The minimum atomic E-state index is -0.400. The van der Waals surface area contributed by atoms with Crippen LogP contribution in [0.15, 0.2) is 0 Å². The van der Waals surface area contributed by atoms with Crippen molar-refractivity contribution in [2.24, 2.45) is 5.92 Å². The Morgan fingerprint density at radius 1 is 1.28 bits per heavy atom. The first kappa shape index (κ1) is 14.0. The minimum absolute atomic E-state index is 0.272. The predicted molar refractivity (Wildman–Crippen MR) is 76.0 cm³/mol. The summed E-state index contributed by atoms with van der Waals surface area (Å²) >= 11 is 2.18. The molecule has 2 rings (SSSR count). The number of nitrogens with one attached hydrogen (secondary N) is 1. The maximum atomic E-state index is 11.6. The van der Waals surface area contributed by atoms with Crippen LogP contribution in [-0.2, 0) is 4.74 Å². The van der Waals surface area contributed by atoms with E-state index >= 15 is 0 Å². The van der Waals surface area contributed by atoms with E-state index in [4.69, 9.17) is 4.74 Å². The summed E-state index contributed by atoms with van der Waals surface area (Å²) in [6.45, 7) is 6.47. The largest absolute Gasteiger partial charge is 0.444 e. The zero-order valence-electron chi connectivity index (χ0n) is 11.7. The second-order valence-electron chi connectivity index (χ2n) is 6.53. The molecule has 0 aliphatic carbocycles. The van der Waals surface area contributed by atoms with Crippen LogP contribution in [-0.4, -0.2) is 28.7 Å². The van der Waals surface area contributed by atoms with Crippen LogP contribution in [0.5, 0.6) is 0 Å². The van der Waals surface area contributed by atoms with Crippen molar-refractivity contribution in [3.63, 3.8) is 0 Å². The molecule has 2 aliphatic rings. The number of fused-ring (bicyclic) bond motifs is 2. The molecule has 1 N–H and O–H groups in total. The van der Waals surface area contributed by atoms with Gasteiger partial charge >= 0.3 is 6.09 Å². The van der Waals surface area contributed by atoms with Crippen LogP contribution < -0.4 is 5.32 Å². The lowest BCUT2D eigenvalue weighted by atomic mass is 9.89. The van der Waals surface area contributed by atoms with Crippen molar-refractivity contribution >= 4 is 17.9 Å². The molecule has 3 nitrogen and oxygen atoms in total. The Labute approximate surface area is 114 Å². The summed E-state index contributed by atoms with van der Waals surface area (Å²) in [6, 6.07) is 0. The summed E-state index contributed by atoms with van der Waals surface area (Å²) in [7, 11) is 0. The second kappa shape index (κ2) is 5.72. The topological polar surface area (TPSA) is 38.3 Å². The standard InChI is InChI=1S/C14H25NO2S/c1-14(2,3)17-13(16)15-9-10-7-11-5-4-6-12(8-10)18-11/h10-12H,4-9H2,1-3H3,(H,15,16). The molecule has 0 aromatic carbocycles. The Morgan fingerprint density at radius 2 is 1.89 bits per heavy atom. The lowest BCUT2D eigenvalue weighted by Gasteiger charge is -2.38. The number of hydrogen-bond donors (Lipinski definition) is 1. The summed E-state index contributed by atoms with van der Waals surface area (Å²) in [5.41, 5.74) is -0.400. The van der Waals surface area contributed by atoms with Gasteiger partial charge in [0.05, 0.1) is 0 Å². The average Bonchev–Trinajstić information content (AvgIpc) is 2.23. The number of carbonyl (C=O) groups is 1. The van der Waals surface area contributed by atoms with Crippen LogP contribution in [0.4, 0.5) is 4.79 Å². The van der Waals surface area contributed by atoms with Gasteiger partial charge in [0.15, 0.2) is 0 Å². The fraction of sp³-hybridized carbons (Fsp3) is 0.929. The lowest BCUT2D eigenvalue weighted by molar-refractivity contribution is 0.0516. The molecule has 2 atom stereocenters. The monoisotopic (exact) mass is 271 g/mol. The quantitative estimate of drug-likeness (QED) is 0.834. The van der Waals surface area contributed by atoms with Crippen molar-refractivity contribution in [1.82, 2.24) is 5.32 Å². The van der Waals surface area contributed by atoms with E-state index in [9.17, 15) is 4.79 Å². The molecular formula is C14H25NO2S. The summed E-state index contributed by atoms with van der Waals surface area (Å²) < 4.78 is 5.27. The molecule has 2 aliphatic heterocycles. The van der Waals surface area contributed by atoms with Crippen molar-refractivity contribution in [3.8, 4) is 0 Å². The van der Waals surface area contributed by atoms with Gasteiger partial charge in [-0.25, -0.2) is 4.79 Å². The molecular weight excluding hydrogens is 246 g/mol. The Bertz CT molecular complexity index is 289. The maximum absolute atomic E-state index is 11.6. The maximum Gasteiger partial charge on any atom is 0.407 e. The number of thioether (sulfide) groups is 1. The van der Waals surface area contributed by atoms with E-state index in [0.717, 1.165) is 17.0 Å². The van der Waals surface area contributed by atoms with Gasteiger partial charge in [-0.15, -0.1) is 0 Å². The predicted octanol–water partition coefficient (Wildman–Crippen LogP) is 3.58. The smallest absolute Gasteiger partial charge is 0.407 e. The molecule has 0 aromatic heterocycles. The number of amides is 1. The van der Waals surface area contributed by atoms with Crippen molar-refractivity contribution in [1.29, 1.82) is 0 Å². The first-order valence-electron chi connectivity index (χ1n) is 7.05. The molecule has 2 bridgehead atoms. The molecule has 2 fully saturated rings. The molecule has 4 heteroatoms. The highest BCUT2D eigenvalue weighted by molar-refractivity contribution is 8.00. The van der Waals surface area contributed by atoms with Crippen molar-refractivity contribution in [2.75, 3.05) is 6.54 Å². The number of carbonyl (C=O) groups excluding carboxylic acids is 1. The molecule has 104 valence electrons. The normalized spacial score (nSPS) is 31.8. The first-order chi connectivity index (χ1) is 8.42. The third-order valence-electron chi connectivity index (χ3n) is 3.56. The van der Waals surface area contributed by atoms with Gasteiger partial charge < -0.3 is 10.1 Å². The van der Waals surface area contributed by atoms with Crippen LogP contribution in [0.2, 0.25) is 0 Å². The van der Waals surface area contributed by atoms with Gasteiger partial charge in [-0.3, -0.25) is 0 Å². The van der Waals surface area contributed by atoms with Crippen LogP contribution >= 0.6 is 11.8 Å². The summed E-state index contributed by atoms with van der Waals surface area (Å²) in [5, 5.41) is 4.60. The summed E-state index contributed by atoms with van der Waals surface area (Å²) in [6.07, 6.45) is 6.38. The highest BCUT2D eigenvalue weighted by atomic mass is 32.2. The number of ether oxygens (including phenoxy) is 1. The molecule has 2 unspecified atom stereocenters. The number of hydrogen-bond acceptors (Lipinski definition) is 3. The Hall–Kier alpha value is -0.380. The molecule has 0 saturated carbocycles. The number of rotatable bonds is 2. The average molecular weight is 271 g/mol. The van der Waals surface area contributed by atoms with Gasteiger partial charge in [-0.2, -0.15) is 11.8 Å². The van der Waals surface area contributed by atoms with Crippen LogP contribution in [0.1, 0.15) is 52.9 Å². The van der Waals surface area contributed by atoms with Crippen molar-refractivity contribution in [3.05, 3.63) is 0 Å². The zero-order chi connectivity index (χ0) is 13.2. The molecule has 2 saturated heterocycles. The van der Waals surface area contributed by atoms with Crippen LogP contribution in [0.3, 0.4) is 0 Å². The third kappa shape index (κ3) is 4.38. The van der Waals surface area contributed by atoms with E-state index in [2.05, 4.69) is 17.1 Å². The van der Waals surface area contributed by atoms with Gasteiger partial charge in [0.25, 0.3) is 0 Å². The van der Waals surface area contributed by atoms with E-state index < -0.39 is 5.60 Å². The first-order valence-corrected chi connectivity index (χ1v) is 7.99. The fourth-order valence-electron chi connectivity index (χ4n) is 2.88. The van der Waals surface area contributed by atoms with E-state index in [1.807, 2.05) is 20.8 Å². The highest BCUT2D eigenvalue weighted by Crippen LogP contribution is 2.43. The van der Waals surface area contributed by atoms with Gasteiger partial charge in [0.2, 0.25) is 0 Å². The molecule has 18 heavy (non-hydrogen) atoms. The number of alkyl carbamates (subject to hydrolysis) is 1. The lowest BCUT2D eigenvalue weighted by Crippen LogP contribution is -2.39. The van der Waals surface area contributed by atoms with E-state index in [1.54, 1.807) is 0 Å². The van der Waals surface area contributed by atoms with Crippen LogP contribution in [0, 0.1) is 5.92 Å². The van der Waals surface area contributed by atoms with Gasteiger partial charge in [-0.1, -0.05) is 6.42 Å². The summed E-state index contributed by atoms with van der Waals surface area (Å²) in [4.78, 5) is 11.6. The van der Waals surface area contributed by atoms with E-state index in [-0.39, 0.29) is 6.09 Å². The van der Waals surface area contributed by atoms with Gasteiger partial charge in [0, 0.05) is 17.0 Å². The molecule has 0 spiro atoms. The molecule has 2 heterocycles. The second-order valence-corrected chi connectivity index (χ2v) is 8.14. The summed E-state index contributed by atoms with van der Waals surface area (Å²) in [5.74, 6) is 0.647. The van der Waals surface area contributed by atoms with Crippen molar-refractivity contribution < 1.29 is 9.53 Å². The molecule has 0 aromatic rings. The van der Waals surface area contributed by atoms with Crippen LogP contribution in [0.25, 0.3) is 0 Å². The minimum Gasteiger partial charge on any atom is -0.444 e. The van der Waals surface area contributed by atoms with E-state index in [1.165, 1.54) is 32.1 Å². The molecule has 1 amide bonds. The Morgan fingerprint density at radius 3 is 2.44 bits per heavy atom. The molecule has 0 radical (unpaired) electrons. The van der Waals surface area contributed by atoms with E-state index in [0.29, 0.717) is 5.92 Å². The van der Waals surface area contributed by atoms with Gasteiger partial charge in [-0.05, 0) is 52.4 Å². The Kier molecular flexibility index (Phi) is 4.46. The zero-order valence-corrected chi connectivity index (χ0v) is 12.5. The van der Waals surface area contributed by atoms with Crippen molar-refractivity contribution in [2.45, 2.75) is 69.0 Å². The Balaban J connectivity index is 1.72. The fourth-order valence-corrected chi connectivity index (χ4v) is 4.79. The van der Waals surface area contributed by atoms with Gasteiger partial charge in [0.1, 0.15) is 5.60 Å². The third-order valence-corrected chi connectivity index (χ3v) is 5.19. The highest BCUT2D eigenvalue weighted by Gasteiger charge is 2.32.